The zero-order chi connectivity index (χ0) is 14.7. The van der Waals surface area contributed by atoms with E-state index in [0.717, 1.165) is 11.1 Å². The highest BCUT2D eigenvalue weighted by Gasteiger charge is 2.11. The van der Waals surface area contributed by atoms with E-state index >= 15 is 0 Å². The first-order valence-corrected chi connectivity index (χ1v) is 6.96. The fourth-order valence-corrected chi connectivity index (χ4v) is 2.42. The van der Waals surface area contributed by atoms with Gasteiger partial charge >= 0.3 is 0 Å². The molecule has 0 radical (unpaired) electrons. The van der Waals surface area contributed by atoms with Gasteiger partial charge in [-0.3, -0.25) is 4.79 Å². The van der Waals surface area contributed by atoms with Gasteiger partial charge in [-0.1, -0.05) is 46.9 Å². The number of anilines is 1. The molecule has 1 amide bonds. The number of halogens is 3. The first-order chi connectivity index (χ1) is 9.45. The van der Waals surface area contributed by atoms with Gasteiger partial charge in [0.25, 0.3) is 0 Å². The van der Waals surface area contributed by atoms with E-state index in [1.165, 1.54) is 0 Å². The molecule has 0 aliphatic carbocycles. The Bertz CT molecular complexity index is 618. The molecule has 0 saturated heterocycles. The second kappa shape index (κ2) is 6.44. The minimum absolute atomic E-state index is 0.179. The molecule has 0 saturated carbocycles. The number of nitrogens with one attached hydrogen (secondary N) is 1. The van der Waals surface area contributed by atoms with Gasteiger partial charge in [-0.05, 0) is 36.2 Å². The highest BCUT2D eigenvalue weighted by molar-refractivity contribution is 6.34. The number of pyridine rings is 1. The van der Waals surface area contributed by atoms with E-state index < -0.39 is 0 Å². The lowest BCUT2D eigenvalue weighted by Crippen LogP contribution is -2.15. The zero-order valence-corrected chi connectivity index (χ0v) is 12.9. The second-order valence-corrected chi connectivity index (χ2v) is 5.46. The Morgan fingerprint density at radius 3 is 2.45 bits per heavy atom. The van der Waals surface area contributed by atoms with Crippen molar-refractivity contribution >= 4 is 46.4 Å². The average molecular weight is 330 g/mol. The molecular weight excluding hydrogens is 319 g/mol. The van der Waals surface area contributed by atoms with Crippen molar-refractivity contribution in [3.63, 3.8) is 0 Å². The molecule has 20 heavy (non-hydrogen) atoms. The molecule has 0 bridgehead atoms. The van der Waals surface area contributed by atoms with Crippen molar-refractivity contribution in [1.82, 2.24) is 4.98 Å². The summed E-state index contributed by atoms with van der Waals surface area (Å²) in [4.78, 5) is 15.9. The molecule has 104 valence electrons. The summed E-state index contributed by atoms with van der Waals surface area (Å²) in [5.74, 6) is -0.179. The van der Waals surface area contributed by atoms with Crippen molar-refractivity contribution in [3.05, 3.63) is 56.8 Å². The van der Waals surface area contributed by atoms with Gasteiger partial charge < -0.3 is 5.32 Å². The summed E-state index contributed by atoms with van der Waals surface area (Å²) < 4.78 is 0. The van der Waals surface area contributed by atoms with E-state index in [4.69, 9.17) is 34.8 Å². The van der Waals surface area contributed by atoms with Crippen LogP contribution in [0, 0.1) is 6.92 Å². The van der Waals surface area contributed by atoms with Crippen LogP contribution in [0.1, 0.15) is 11.1 Å². The van der Waals surface area contributed by atoms with Crippen LogP contribution in [0.5, 0.6) is 0 Å². The van der Waals surface area contributed by atoms with Crippen LogP contribution in [0.25, 0.3) is 0 Å². The van der Waals surface area contributed by atoms with Crippen molar-refractivity contribution in [2.45, 2.75) is 13.3 Å². The van der Waals surface area contributed by atoms with Gasteiger partial charge in [-0.15, -0.1) is 0 Å². The SMILES string of the molecule is Cc1cc(Cl)nc(Cl)c1NC(=O)Cc1ccc(Cl)cc1. The molecule has 1 aromatic heterocycles. The topological polar surface area (TPSA) is 42.0 Å². The maximum absolute atomic E-state index is 12.0. The van der Waals surface area contributed by atoms with E-state index in [9.17, 15) is 4.79 Å². The third-order valence-electron chi connectivity index (χ3n) is 2.68. The molecule has 0 spiro atoms. The van der Waals surface area contributed by atoms with E-state index in [1.807, 2.05) is 0 Å². The standard InChI is InChI=1S/C14H11Cl3N2O/c1-8-6-11(16)18-14(17)13(8)19-12(20)7-9-2-4-10(15)5-3-9/h2-6H,7H2,1H3,(H,19,20). The number of rotatable bonds is 3. The minimum Gasteiger partial charge on any atom is -0.323 e. The molecule has 0 unspecified atom stereocenters. The first-order valence-electron chi connectivity index (χ1n) is 5.82. The number of hydrogen-bond acceptors (Lipinski definition) is 2. The number of aryl methyl sites for hydroxylation is 1. The first kappa shape index (κ1) is 15.1. The molecule has 2 aromatic rings. The van der Waals surface area contributed by atoms with Crippen LogP contribution < -0.4 is 5.32 Å². The Labute approximate surface area is 131 Å². The summed E-state index contributed by atoms with van der Waals surface area (Å²) in [7, 11) is 0. The summed E-state index contributed by atoms with van der Waals surface area (Å²) in [6.07, 6.45) is 0.232. The van der Waals surface area contributed by atoms with Crippen LogP contribution in [-0.4, -0.2) is 10.9 Å². The third kappa shape index (κ3) is 3.85. The van der Waals surface area contributed by atoms with Gasteiger partial charge in [0.15, 0.2) is 5.15 Å². The third-order valence-corrected chi connectivity index (χ3v) is 3.40. The number of nitrogens with zero attached hydrogens (tertiary/aromatic N) is 1. The van der Waals surface area contributed by atoms with Crippen molar-refractivity contribution in [1.29, 1.82) is 0 Å². The quantitative estimate of drug-likeness (QED) is 0.841. The number of benzene rings is 1. The molecule has 0 fully saturated rings. The van der Waals surface area contributed by atoms with Crippen LogP contribution in [0.4, 0.5) is 5.69 Å². The van der Waals surface area contributed by atoms with E-state index in [-0.39, 0.29) is 17.5 Å². The molecule has 1 N–H and O–H groups in total. The van der Waals surface area contributed by atoms with E-state index in [1.54, 1.807) is 37.3 Å². The van der Waals surface area contributed by atoms with Crippen LogP contribution >= 0.6 is 34.8 Å². The summed E-state index contributed by atoms with van der Waals surface area (Å²) in [6.45, 7) is 1.80. The van der Waals surface area contributed by atoms with Gasteiger partial charge in [0.2, 0.25) is 5.91 Å². The minimum atomic E-state index is -0.179. The van der Waals surface area contributed by atoms with Crippen molar-refractivity contribution in [3.8, 4) is 0 Å². The van der Waals surface area contributed by atoms with Gasteiger partial charge in [0.05, 0.1) is 12.1 Å². The number of aromatic nitrogens is 1. The van der Waals surface area contributed by atoms with Gasteiger partial charge in [-0.25, -0.2) is 4.98 Å². The van der Waals surface area contributed by atoms with Gasteiger partial charge in [0, 0.05) is 5.02 Å². The molecule has 0 aliphatic rings. The van der Waals surface area contributed by atoms with Crippen LogP contribution in [-0.2, 0) is 11.2 Å². The lowest BCUT2D eigenvalue weighted by molar-refractivity contribution is -0.115. The lowest BCUT2D eigenvalue weighted by atomic mass is 10.1. The van der Waals surface area contributed by atoms with Crippen LogP contribution in [0.2, 0.25) is 15.3 Å². The van der Waals surface area contributed by atoms with E-state index in [0.29, 0.717) is 15.9 Å². The highest BCUT2D eigenvalue weighted by Crippen LogP contribution is 2.26. The Morgan fingerprint density at radius 2 is 1.85 bits per heavy atom. The normalized spacial score (nSPS) is 10.4. The predicted octanol–water partition coefficient (Wildman–Crippen LogP) is 4.53. The lowest BCUT2D eigenvalue weighted by Gasteiger charge is -2.10. The Morgan fingerprint density at radius 1 is 1.20 bits per heavy atom. The highest BCUT2D eigenvalue weighted by atomic mass is 35.5. The molecule has 6 heteroatoms. The monoisotopic (exact) mass is 328 g/mol. The smallest absolute Gasteiger partial charge is 0.228 e. The summed E-state index contributed by atoms with van der Waals surface area (Å²) in [6, 6.07) is 8.73. The molecule has 0 atom stereocenters. The van der Waals surface area contributed by atoms with Crippen LogP contribution in [0.3, 0.4) is 0 Å². The number of amides is 1. The summed E-state index contributed by atoms with van der Waals surface area (Å²) in [5, 5.41) is 3.85. The maximum atomic E-state index is 12.0. The molecular formula is C14H11Cl3N2O. The Balaban J connectivity index is 2.10. The summed E-state index contributed by atoms with van der Waals surface area (Å²) in [5.41, 5.74) is 2.11. The largest absolute Gasteiger partial charge is 0.323 e. The van der Waals surface area contributed by atoms with Crippen molar-refractivity contribution < 1.29 is 4.79 Å². The number of carbonyl (C=O) groups excluding carboxylic acids is 1. The Kier molecular flexibility index (Phi) is 4.86. The second-order valence-electron chi connectivity index (χ2n) is 4.28. The molecule has 1 aromatic carbocycles. The van der Waals surface area contributed by atoms with E-state index in [2.05, 4.69) is 10.3 Å². The average Bonchev–Trinajstić information content (AvgIpc) is 2.36. The number of carbonyl (C=O) groups is 1. The predicted molar refractivity (Wildman–Crippen MR) is 82.8 cm³/mol. The number of hydrogen-bond donors (Lipinski definition) is 1. The molecule has 0 aliphatic heterocycles. The summed E-state index contributed by atoms with van der Waals surface area (Å²) >= 11 is 17.6. The van der Waals surface area contributed by atoms with Crippen LogP contribution in [0.15, 0.2) is 30.3 Å². The molecule has 3 nitrogen and oxygen atoms in total. The molecule has 1 heterocycles. The van der Waals surface area contributed by atoms with Gasteiger partial charge in [-0.2, -0.15) is 0 Å². The fraction of sp³-hybridized carbons (Fsp3) is 0.143. The molecule has 2 rings (SSSR count). The fourth-order valence-electron chi connectivity index (χ4n) is 1.72. The Hall–Kier alpha value is -1.29. The van der Waals surface area contributed by atoms with Gasteiger partial charge in [0.1, 0.15) is 5.15 Å². The maximum Gasteiger partial charge on any atom is 0.228 e. The van der Waals surface area contributed by atoms with Crippen molar-refractivity contribution in [2.75, 3.05) is 5.32 Å². The zero-order valence-electron chi connectivity index (χ0n) is 10.6. The van der Waals surface area contributed by atoms with Crippen molar-refractivity contribution in [2.24, 2.45) is 0 Å².